The molecule has 1 fully saturated rings. The van der Waals surface area contributed by atoms with E-state index in [1.807, 2.05) is 11.7 Å². The number of nitrogens with zero attached hydrogens (tertiary/aromatic N) is 3. The summed E-state index contributed by atoms with van der Waals surface area (Å²) in [5.41, 5.74) is 2.42. The van der Waals surface area contributed by atoms with Crippen LogP contribution >= 0.6 is 27.5 Å². The second kappa shape index (κ2) is 5.93. The van der Waals surface area contributed by atoms with Gasteiger partial charge in [-0.05, 0) is 41.2 Å². The van der Waals surface area contributed by atoms with E-state index in [4.69, 9.17) is 11.6 Å². The number of aryl methyl sites for hydroxylation is 2. The second-order valence-electron chi connectivity index (χ2n) is 5.20. The molecule has 1 aromatic heterocycles. The van der Waals surface area contributed by atoms with E-state index >= 15 is 0 Å². The van der Waals surface area contributed by atoms with E-state index in [9.17, 15) is 0 Å². The van der Waals surface area contributed by atoms with Gasteiger partial charge in [-0.2, -0.15) is 5.10 Å². The topological polar surface area (TPSA) is 21.1 Å². The summed E-state index contributed by atoms with van der Waals surface area (Å²) >= 11 is 9.95. The maximum atomic E-state index is 6.27. The van der Waals surface area contributed by atoms with Crippen LogP contribution in [-0.4, -0.2) is 33.1 Å². The van der Waals surface area contributed by atoms with E-state index in [1.165, 1.54) is 10.2 Å². The van der Waals surface area contributed by atoms with Gasteiger partial charge in [0.1, 0.15) is 0 Å². The highest BCUT2D eigenvalue weighted by Crippen LogP contribution is 2.26. The summed E-state index contributed by atoms with van der Waals surface area (Å²) in [5.74, 6) is 0.568. The van der Waals surface area contributed by atoms with Crippen LogP contribution in [0.1, 0.15) is 31.7 Å². The molecule has 1 aliphatic heterocycles. The van der Waals surface area contributed by atoms with Crippen LogP contribution in [0.5, 0.6) is 0 Å². The molecule has 2 rings (SSSR count). The van der Waals surface area contributed by atoms with Crippen LogP contribution in [0.4, 0.5) is 0 Å². The third kappa shape index (κ3) is 2.91. The van der Waals surface area contributed by atoms with Crippen molar-refractivity contribution >= 4 is 27.5 Å². The smallest absolute Gasteiger partial charge is 0.0767 e. The van der Waals surface area contributed by atoms with Crippen molar-refractivity contribution in [3.63, 3.8) is 0 Å². The molecule has 0 aliphatic carbocycles. The van der Waals surface area contributed by atoms with Crippen molar-refractivity contribution in [3.8, 4) is 0 Å². The first kappa shape index (κ1) is 14.4. The molecule has 0 bridgehead atoms. The molecule has 2 atom stereocenters. The average Bonchev–Trinajstić information content (AvgIpc) is 2.61. The maximum Gasteiger partial charge on any atom is 0.0767 e. The van der Waals surface area contributed by atoms with Gasteiger partial charge in [0.25, 0.3) is 0 Å². The molecule has 0 spiro atoms. The summed E-state index contributed by atoms with van der Waals surface area (Å²) < 4.78 is 3.17. The van der Waals surface area contributed by atoms with E-state index in [0.29, 0.717) is 11.3 Å². The predicted octanol–water partition coefficient (Wildman–Crippen LogP) is 3.19. The lowest BCUT2D eigenvalue weighted by atomic mass is 9.99. The van der Waals surface area contributed by atoms with Gasteiger partial charge >= 0.3 is 0 Å². The lowest BCUT2D eigenvalue weighted by Gasteiger charge is -2.34. The number of piperidine rings is 1. The molecule has 0 N–H and O–H groups in total. The predicted molar refractivity (Wildman–Crippen MR) is 79.0 cm³/mol. The Kier molecular flexibility index (Phi) is 4.73. The Balaban J connectivity index is 2.08. The van der Waals surface area contributed by atoms with Crippen molar-refractivity contribution in [1.82, 2.24) is 14.7 Å². The van der Waals surface area contributed by atoms with Gasteiger partial charge in [0, 0.05) is 25.5 Å². The van der Waals surface area contributed by atoms with Crippen molar-refractivity contribution in [2.75, 3.05) is 13.1 Å². The quantitative estimate of drug-likeness (QED) is 0.792. The summed E-state index contributed by atoms with van der Waals surface area (Å²) in [7, 11) is 2.02. The number of rotatable bonds is 3. The highest BCUT2D eigenvalue weighted by molar-refractivity contribution is 9.10. The Morgan fingerprint density at radius 2 is 2.22 bits per heavy atom. The third-order valence-electron chi connectivity index (χ3n) is 3.76. The van der Waals surface area contributed by atoms with E-state index in [2.05, 4.69) is 39.8 Å². The van der Waals surface area contributed by atoms with E-state index in [-0.39, 0.29) is 0 Å². The molecule has 5 heteroatoms. The highest BCUT2D eigenvalue weighted by atomic mass is 79.9. The monoisotopic (exact) mass is 333 g/mol. The molecule has 2 unspecified atom stereocenters. The highest BCUT2D eigenvalue weighted by Gasteiger charge is 2.25. The molecule has 3 nitrogen and oxygen atoms in total. The molecule has 0 amide bonds. The van der Waals surface area contributed by atoms with Crippen molar-refractivity contribution in [1.29, 1.82) is 0 Å². The lowest BCUT2D eigenvalue weighted by molar-refractivity contribution is 0.176. The zero-order valence-electron chi connectivity index (χ0n) is 11.3. The minimum Gasteiger partial charge on any atom is -0.297 e. The Morgan fingerprint density at radius 1 is 1.50 bits per heavy atom. The maximum absolute atomic E-state index is 6.27. The number of aromatic nitrogens is 2. The second-order valence-corrected chi connectivity index (χ2v) is 6.56. The molecule has 102 valence electrons. The van der Waals surface area contributed by atoms with Crippen LogP contribution in [0.2, 0.25) is 0 Å². The van der Waals surface area contributed by atoms with Gasteiger partial charge < -0.3 is 0 Å². The largest absolute Gasteiger partial charge is 0.297 e. The van der Waals surface area contributed by atoms with Gasteiger partial charge in [-0.15, -0.1) is 11.6 Å². The number of likely N-dealkylation sites (tertiary alicyclic amines) is 1. The van der Waals surface area contributed by atoms with E-state index < -0.39 is 0 Å². The van der Waals surface area contributed by atoms with E-state index in [0.717, 1.165) is 38.2 Å². The zero-order chi connectivity index (χ0) is 13.3. The standard InChI is InChI=1S/C13H21BrClN3/c1-4-11-13(14)12(17(3)16-11)8-18-6-5-10(15)9(2)7-18/h9-10H,4-8H2,1-3H3. The Hall–Kier alpha value is -0.0600. The minimum atomic E-state index is 0.336. The third-order valence-corrected chi connectivity index (χ3v) is 5.32. The Morgan fingerprint density at radius 3 is 2.78 bits per heavy atom. The van der Waals surface area contributed by atoms with Crippen LogP contribution in [0.15, 0.2) is 4.47 Å². The number of alkyl halides is 1. The number of hydrogen-bond donors (Lipinski definition) is 0. The van der Waals surface area contributed by atoms with Crippen molar-refractivity contribution in [2.45, 2.75) is 38.6 Å². The van der Waals surface area contributed by atoms with Crippen molar-refractivity contribution < 1.29 is 0 Å². The Bertz CT molecular complexity index is 419. The molecule has 1 aliphatic rings. The van der Waals surface area contributed by atoms with Gasteiger partial charge in [0.15, 0.2) is 0 Å². The normalized spacial score (nSPS) is 25.6. The summed E-state index contributed by atoms with van der Waals surface area (Å²) in [6, 6.07) is 0. The number of halogens is 2. The van der Waals surface area contributed by atoms with Gasteiger partial charge in [-0.1, -0.05) is 13.8 Å². The van der Waals surface area contributed by atoms with Crippen molar-refractivity contribution in [3.05, 3.63) is 15.9 Å². The first-order valence-electron chi connectivity index (χ1n) is 6.59. The molecule has 2 heterocycles. The molecule has 1 saturated heterocycles. The summed E-state index contributed by atoms with van der Waals surface area (Å²) in [6.07, 6.45) is 2.05. The lowest BCUT2D eigenvalue weighted by Crippen LogP contribution is -2.39. The van der Waals surface area contributed by atoms with Crippen LogP contribution < -0.4 is 0 Å². The van der Waals surface area contributed by atoms with Crippen LogP contribution in [0.3, 0.4) is 0 Å². The molecule has 1 aromatic rings. The fourth-order valence-electron chi connectivity index (χ4n) is 2.55. The van der Waals surface area contributed by atoms with Crippen molar-refractivity contribution in [2.24, 2.45) is 13.0 Å². The van der Waals surface area contributed by atoms with E-state index in [1.54, 1.807) is 0 Å². The summed E-state index contributed by atoms with van der Waals surface area (Å²) in [5, 5.41) is 4.88. The van der Waals surface area contributed by atoms with Crippen LogP contribution in [0.25, 0.3) is 0 Å². The molecule has 0 saturated carbocycles. The van der Waals surface area contributed by atoms with Crippen LogP contribution in [-0.2, 0) is 20.0 Å². The molecular formula is C13H21BrClN3. The molecule has 0 radical (unpaired) electrons. The van der Waals surface area contributed by atoms with Gasteiger partial charge in [0.05, 0.1) is 15.9 Å². The molecular weight excluding hydrogens is 314 g/mol. The van der Waals surface area contributed by atoms with Gasteiger partial charge in [-0.25, -0.2) is 0 Å². The first-order chi connectivity index (χ1) is 8.52. The fourth-order valence-corrected chi connectivity index (χ4v) is 3.47. The molecule has 0 aromatic carbocycles. The van der Waals surface area contributed by atoms with Gasteiger partial charge in [0.2, 0.25) is 0 Å². The van der Waals surface area contributed by atoms with Crippen LogP contribution in [0, 0.1) is 5.92 Å². The minimum absolute atomic E-state index is 0.336. The average molecular weight is 335 g/mol. The molecule has 18 heavy (non-hydrogen) atoms. The Labute approximate surface area is 123 Å². The fraction of sp³-hybridized carbons (Fsp3) is 0.769. The first-order valence-corrected chi connectivity index (χ1v) is 7.82. The SMILES string of the molecule is CCc1nn(C)c(CN2CCC(Cl)C(C)C2)c1Br. The number of hydrogen-bond acceptors (Lipinski definition) is 2. The van der Waals surface area contributed by atoms with Gasteiger partial charge in [-0.3, -0.25) is 9.58 Å². The summed E-state index contributed by atoms with van der Waals surface area (Å²) in [6.45, 7) is 7.49. The summed E-state index contributed by atoms with van der Waals surface area (Å²) in [4.78, 5) is 2.48. The zero-order valence-corrected chi connectivity index (χ0v) is 13.6.